The van der Waals surface area contributed by atoms with Crippen molar-refractivity contribution in [1.82, 2.24) is 4.98 Å². The first kappa shape index (κ1) is 21.8. The highest BCUT2D eigenvalue weighted by atomic mass is 16.5. The Bertz CT molecular complexity index is 1230. The number of hydrogen-bond donors (Lipinski definition) is 2. The van der Waals surface area contributed by atoms with E-state index in [2.05, 4.69) is 15.6 Å². The first-order valence-electron chi connectivity index (χ1n) is 10.5. The Morgan fingerprint density at radius 3 is 2.70 bits per heavy atom. The van der Waals surface area contributed by atoms with Crippen LogP contribution >= 0.6 is 0 Å². The van der Waals surface area contributed by atoms with Gasteiger partial charge in [-0.2, -0.15) is 5.26 Å². The summed E-state index contributed by atoms with van der Waals surface area (Å²) in [4.78, 5) is 28.4. The smallest absolute Gasteiger partial charge is 0.262 e. The van der Waals surface area contributed by atoms with Crippen molar-refractivity contribution in [1.29, 1.82) is 5.26 Å². The number of nitriles is 1. The van der Waals surface area contributed by atoms with Crippen LogP contribution in [0, 0.1) is 24.2 Å². The number of pyridine rings is 1. The van der Waals surface area contributed by atoms with Gasteiger partial charge in [-0.05, 0) is 67.8 Å². The van der Waals surface area contributed by atoms with Gasteiger partial charge in [0.2, 0.25) is 11.8 Å². The van der Waals surface area contributed by atoms with Crippen molar-refractivity contribution in [3.05, 3.63) is 71.9 Å². The van der Waals surface area contributed by atoms with Gasteiger partial charge in [-0.1, -0.05) is 6.07 Å². The fourth-order valence-corrected chi connectivity index (χ4v) is 3.10. The first-order chi connectivity index (χ1) is 16.0. The Hall–Kier alpha value is -4.38. The molecule has 1 aliphatic carbocycles. The van der Waals surface area contributed by atoms with E-state index in [-0.39, 0.29) is 30.2 Å². The van der Waals surface area contributed by atoms with Crippen molar-refractivity contribution in [2.45, 2.75) is 19.8 Å². The zero-order chi connectivity index (χ0) is 23.2. The molecule has 1 saturated carbocycles. The van der Waals surface area contributed by atoms with Gasteiger partial charge in [0.1, 0.15) is 23.1 Å². The van der Waals surface area contributed by atoms with Gasteiger partial charge in [0, 0.05) is 29.6 Å². The van der Waals surface area contributed by atoms with Gasteiger partial charge in [0.05, 0.1) is 0 Å². The SMILES string of the molecule is Cc1cc(Oc2ncccc2C#N)ccc1NC(=O)COc1cccc(NC(=O)C2CC2)c1. The molecule has 1 aromatic heterocycles. The van der Waals surface area contributed by atoms with Crippen LogP contribution in [0.15, 0.2) is 60.8 Å². The molecule has 33 heavy (non-hydrogen) atoms. The number of amides is 2. The minimum atomic E-state index is -0.323. The maximum Gasteiger partial charge on any atom is 0.262 e. The molecule has 0 radical (unpaired) electrons. The number of hydrogen-bond acceptors (Lipinski definition) is 6. The van der Waals surface area contributed by atoms with Crippen LogP contribution in [0.3, 0.4) is 0 Å². The van der Waals surface area contributed by atoms with Crippen LogP contribution in [-0.4, -0.2) is 23.4 Å². The molecule has 2 amide bonds. The summed E-state index contributed by atoms with van der Waals surface area (Å²) in [7, 11) is 0. The molecule has 166 valence electrons. The van der Waals surface area contributed by atoms with Crippen molar-refractivity contribution in [2.24, 2.45) is 5.92 Å². The molecule has 1 heterocycles. The Labute approximate surface area is 191 Å². The van der Waals surface area contributed by atoms with Gasteiger partial charge >= 0.3 is 0 Å². The largest absolute Gasteiger partial charge is 0.484 e. The Balaban J connectivity index is 1.32. The molecule has 0 saturated heterocycles. The number of carbonyl (C=O) groups excluding carboxylic acids is 2. The van der Waals surface area contributed by atoms with Crippen LogP contribution in [0.2, 0.25) is 0 Å². The van der Waals surface area contributed by atoms with Gasteiger partial charge in [-0.25, -0.2) is 4.98 Å². The highest BCUT2D eigenvalue weighted by molar-refractivity contribution is 5.94. The van der Waals surface area contributed by atoms with E-state index in [0.717, 1.165) is 18.4 Å². The number of aromatic nitrogens is 1. The lowest BCUT2D eigenvalue weighted by Crippen LogP contribution is -2.20. The first-order valence-corrected chi connectivity index (χ1v) is 10.5. The Morgan fingerprint density at radius 2 is 1.94 bits per heavy atom. The second-order valence-electron chi connectivity index (χ2n) is 7.67. The normalized spacial score (nSPS) is 12.4. The lowest BCUT2D eigenvalue weighted by atomic mass is 10.2. The number of nitrogens with one attached hydrogen (secondary N) is 2. The van der Waals surface area contributed by atoms with Crippen LogP contribution in [0.25, 0.3) is 0 Å². The van der Waals surface area contributed by atoms with E-state index in [0.29, 0.717) is 28.4 Å². The Morgan fingerprint density at radius 1 is 1.09 bits per heavy atom. The van der Waals surface area contributed by atoms with E-state index in [9.17, 15) is 9.59 Å². The molecular formula is C25H22N4O4. The van der Waals surface area contributed by atoms with Crippen LogP contribution in [-0.2, 0) is 9.59 Å². The number of nitrogens with zero attached hydrogens (tertiary/aromatic N) is 2. The molecule has 0 spiro atoms. The van der Waals surface area contributed by atoms with Crippen LogP contribution in [0.4, 0.5) is 11.4 Å². The average Bonchev–Trinajstić information content (AvgIpc) is 3.66. The molecular weight excluding hydrogens is 420 g/mol. The average molecular weight is 442 g/mol. The van der Waals surface area contributed by atoms with Crippen LogP contribution < -0.4 is 20.1 Å². The standard InChI is InChI=1S/C25H22N4O4/c1-16-12-21(33-25-18(14-26)4-3-11-27-25)9-10-22(16)29-23(30)15-32-20-6-2-5-19(13-20)28-24(31)17-7-8-17/h2-6,9-13,17H,7-8,15H2,1H3,(H,28,31)(H,29,30). The van der Waals surface area contributed by atoms with E-state index in [1.807, 2.05) is 13.0 Å². The van der Waals surface area contributed by atoms with Crippen molar-refractivity contribution in [3.8, 4) is 23.4 Å². The van der Waals surface area contributed by atoms with Gasteiger partial charge in [0.15, 0.2) is 6.61 Å². The summed E-state index contributed by atoms with van der Waals surface area (Å²) in [5.74, 6) is 1.01. The second kappa shape index (κ2) is 9.83. The zero-order valence-corrected chi connectivity index (χ0v) is 18.0. The lowest BCUT2D eigenvalue weighted by molar-refractivity contribution is -0.118. The minimum Gasteiger partial charge on any atom is -0.484 e. The molecule has 2 aromatic carbocycles. The molecule has 3 aromatic rings. The molecule has 1 aliphatic rings. The lowest BCUT2D eigenvalue weighted by Gasteiger charge is -2.12. The third-order valence-electron chi connectivity index (χ3n) is 5.00. The summed E-state index contributed by atoms with van der Waals surface area (Å²) in [6.07, 6.45) is 3.41. The van der Waals surface area contributed by atoms with Crippen molar-refractivity contribution in [2.75, 3.05) is 17.2 Å². The van der Waals surface area contributed by atoms with Crippen molar-refractivity contribution >= 4 is 23.2 Å². The molecule has 0 atom stereocenters. The number of ether oxygens (including phenoxy) is 2. The summed E-state index contributed by atoms with van der Waals surface area (Å²) in [5, 5.41) is 14.8. The number of anilines is 2. The third-order valence-corrected chi connectivity index (χ3v) is 5.00. The summed E-state index contributed by atoms with van der Waals surface area (Å²) in [6.45, 7) is 1.65. The topological polar surface area (TPSA) is 113 Å². The molecule has 2 N–H and O–H groups in total. The second-order valence-corrected chi connectivity index (χ2v) is 7.67. The summed E-state index contributed by atoms with van der Waals surface area (Å²) < 4.78 is 11.3. The van der Waals surface area contributed by atoms with Crippen LogP contribution in [0.1, 0.15) is 24.0 Å². The third kappa shape index (κ3) is 5.86. The predicted octanol–water partition coefficient (Wildman–Crippen LogP) is 4.42. The van der Waals surface area contributed by atoms with Gasteiger partial charge in [0.25, 0.3) is 5.91 Å². The molecule has 1 fully saturated rings. The van der Waals surface area contributed by atoms with Gasteiger partial charge in [-0.3, -0.25) is 9.59 Å². The number of aryl methyl sites for hydroxylation is 1. The number of benzene rings is 2. The van der Waals surface area contributed by atoms with E-state index >= 15 is 0 Å². The molecule has 8 nitrogen and oxygen atoms in total. The van der Waals surface area contributed by atoms with Gasteiger partial charge in [-0.15, -0.1) is 0 Å². The quantitative estimate of drug-likeness (QED) is 0.534. The zero-order valence-electron chi connectivity index (χ0n) is 18.0. The maximum atomic E-state index is 12.4. The number of rotatable bonds is 8. The van der Waals surface area contributed by atoms with E-state index in [4.69, 9.17) is 14.7 Å². The highest BCUT2D eigenvalue weighted by Gasteiger charge is 2.29. The Kier molecular flexibility index (Phi) is 6.51. The van der Waals surface area contributed by atoms with Gasteiger partial charge < -0.3 is 20.1 Å². The van der Waals surface area contributed by atoms with Crippen LogP contribution in [0.5, 0.6) is 17.4 Å². The summed E-state index contributed by atoms with van der Waals surface area (Å²) in [6, 6.07) is 17.4. The molecule has 8 heteroatoms. The van der Waals surface area contributed by atoms with E-state index in [1.54, 1.807) is 60.8 Å². The monoisotopic (exact) mass is 442 g/mol. The molecule has 0 bridgehead atoms. The fraction of sp³-hybridized carbons (Fsp3) is 0.200. The maximum absolute atomic E-state index is 12.4. The summed E-state index contributed by atoms with van der Waals surface area (Å²) >= 11 is 0. The van der Waals surface area contributed by atoms with Crippen molar-refractivity contribution < 1.29 is 19.1 Å². The molecule has 0 aliphatic heterocycles. The van der Waals surface area contributed by atoms with E-state index < -0.39 is 0 Å². The minimum absolute atomic E-state index is 0.0136. The predicted molar refractivity (Wildman–Crippen MR) is 122 cm³/mol. The number of carbonyl (C=O) groups is 2. The molecule has 0 unspecified atom stereocenters. The van der Waals surface area contributed by atoms with Crippen molar-refractivity contribution in [3.63, 3.8) is 0 Å². The van der Waals surface area contributed by atoms with E-state index in [1.165, 1.54) is 0 Å². The fourth-order valence-electron chi connectivity index (χ4n) is 3.10. The summed E-state index contributed by atoms with van der Waals surface area (Å²) in [5.41, 5.74) is 2.37. The highest BCUT2D eigenvalue weighted by Crippen LogP contribution is 2.31. The molecule has 4 rings (SSSR count).